The van der Waals surface area contributed by atoms with Crippen LogP contribution in [0.4, 0.5) is 5.69 Å². The van der Waals surface area contributed by atoms with Gasteiger partial charge in [0.05, 0.1) is 12.0 Å². The van der Waals surface area contributed by atoms with E-state index in [9.17, 15) is 9.59 Å². The Hall–Kier alpha value is -2.62. The van der Waals surface area contributed by atoms with Crippen LogP contribution in [0, 0.1) is 5.92 Å². The van der Waals surface area contributed by atoms with Crippen LogP contribution in [0.15, 0.2) is 54.6 Å². The first-order chi connectivity index (χ1) is 12.1. The van der Waals surface area contributed by atoms with Crippen molar-refractivity contribution in [3.05, 3.63) is 65.7 Å². The van der Waals surface area contributed by atoms with Crippen LogP contribution in [0.25, 0.3) is 0 Å². The molecule has 2 atom stereocenters. The lowest BCUT2D eigenvalue weighted by Gasteiger charge is -2.25. The van der Waals surface area contributed by atoms with Crippen molar-refractivity contribution in [2.45, 2.75) is 32.7 Å². The molecule has 1 saturated heterocycles. The van der Waals surface area contributed by atoms with Crippen LogP contribution >= 0.6 is 0 Å². The van der Waals surface area contributed by atoms with Crippen LogP contribution in [-0.2, 0) is 16.0 Å². The van der Waals surface area contributed by atoms with E-state index in [1.807, 2.05) is 66.4 Å². The van der Waals surface area contributed by atoms with Gasteiger partial charge in [-0.05, 0) is 36.6 Å². The maximum Gasteiger partial charge on any atom is 0.229 e. The summed E-state index contributed by atoms with van der Waals surface area (Å²) < 4.78 is 0. The number of hydrogen-bond donors (Lipinski definition) is 1. The second-order valence-electron chi connectivity index (χ2n) is 6.58. The third kappa shape index (κ3) is 3.90. The monoisotopic (exact) mass is 336 g/mol. The molecule has 1 aliphatic rings. The van der Waals surface area contributed by atoms with Crippen molar-refractivity contribution in [2.75, 3.05) is 11.9 Å². The SMILES string of the molecule is CCc1cccc(NC(=O)[C@@H]2CC(=O)N([C@H](C)c3ccccc3)C2)c1. The second-order valence-corrected chi connectivity index (χ2v) is 6.58. The summed E-state index contributed by atoms with van der Waals surface area (Å²) in [5.41, 5.74) is 3.07. The van der Waals surface area contributed by atoms with Gasteiger partial charge in [-0.3, -0.25) is 9.59 Å². The summed E-state index contributed by atoms with van der Waals surface area (Å²) in [6, 6.07) is 17.8. The van der Waals surface area contributed by atoms with Crippen molar-refractivity contribution in [3.63, 3.8) is 0 Å². The fourth-order valence-electron chi connectivity index (χ4n) is 3.31. The number of likely N-dealkylation sites (tertiary alicyclic amines) is 1. The first-order valence-electron chi connectivity index (χ1n) is 8.82. The minimum Gasteiger partial charge on any atom is -0.335 e. The highest BCUT2D eigenvalue weighted by Crippen LogP contribution is 2.29. The van der Waals surface area contributed by atoms with Gasteiger partial charge in [-0.25, -0.2) is 0 Å². The number of aryl methyl sites for hydroxylation is 1. The number of benzene rings is 2. The Labute approximate surface area is 148 Å². The van der Waals surface area contributed by atoms with E-state index in [-0.39, 0.29) is 30.2 Å². The number of carbonyl (C=O) groups excluding carboxylic acids is 2. The molecule has 0 radical (unpaired) electrons. The number of rotatable bonds is 5. The standard InChI is InChI=1S/C21H24N2O2/c1-3-16-8-7-11-19(12-16)22-21(25)18-13-20(24)23(14-18)15(2)17-9-5-4-6-10-17/h4-12,15,18H,3,13-14H2,1-2H3,(H,22,25)/t15-,18-/m1/s1. The largest absolute Gasteiger partial charge is 0.335 e. The number of nitrogens with zero attached hydrogens (tertiary/aromatic N) is 1. The summed E-state index contributed by atoms with van der Waals surface area (Å²) in [6.45, 7) is 4.56. The summed E-state index contributed by atoms with van der Waals surface area (Å²) in [4.78, 5) is 26.8. The van der Waals surface area contributed by atoms with E-state index in [0.29, 0.717) is 6.54 Å². The first kappa shape index (κ1) is 17.2. The van der Waals surface area contributed by atoms with E-state index < -0.39 is 0 Å². The molecule has 1 N–H and O–H groups in total. The maximum atomic E-state index is 12.6. The summed E-state index contributed by atoms with van der Waals surface area (Å²) in [5, 5.41) is 2.96. The predicted octanol–water partition coefficient (Wildman–Crippen LogP) is 3.80. The van der Waals surface area contributed by atoms with Crippen LogP contribution in [0.1, 0.15) is 37.4 Å². The van der Waals surface area contributed by atoms with Gasteiger partial charge >= 0.3 is 0 Å². The minimum absolute atomic E-state index is 0.0186. The topological polar surface area (TPSA) is 49.4 Å². The molecule has 4 heteroatoms. The Morgan fingerprint density at radius 3 is 2.68 bits per heavy atom. The highest BCUT2D eigenvalue weighted by atomic mass is 16.2. The molecule has 4 nitrogen and oxygen atoms in total. The predicted molar refractivity (Wildman–Crippen MR) is 99.1 cm³/mol. The molecule has 0 saturated carbocycles. The second kappa shape index (κ2) is 7.51. The number of anilines is 1. The summed E-state index contributed by atoms with van der Waals surface area (Å²) in [5.74, 6) is -0.341. The van der Waals surface area contributed by atoms with Gasteiger partial charge in [-0.1, -0.05) is 49.4 Å². The fraction of sp³-hybridized carbons (Fsp3) is 0.333. The average Bonchev–Trinajstić information content (AvgIpc) is 3.04. The van der Waals surface area contributed by atoms with Gasteiger partial charge in [-0.2, -0.15) is 0 Å². The maximum absolute atomic E-state index is 12.6. The Morgan fingerprint density at radius 1 is 1.20 bits per heavy atom. The lowest BCUT2D eigenvalue weighted by Crippen LogP contribution is -2.30. The molecule has 2 aromatic carbocycles. The quantitative estimate of drug-likeness (QED) is 0.903. The Morgan fingerprint density at radius 2 is 1.96 bits per heavy atom. The molecule has 1 heterocycles. The molecule has 1 aliphatic heterocycles. The molecular weight excluding hydrogens is 312 g/mol. The molecular formula is C21H24N2O2. The van der Waals surface area contributed by atoms with Crippen LogP contribution in [0.5, 0.6) is 0 Å². The van der Waals surface area contributed by atoms with E-state index >= 15 is 0 Å². The number of carbonyl (C=O) groups is 2. The van der Waals surface area contributed by atoms with Crippen molar-refractivity contribution in [1.82, 2.24) is 4.90 Å². The average molecular weight is 336 g/mol. The third-order valence-electron chi connectivity index (χ3n) is 4.88. The minimum atomic E-state index is -0.302. The molecule has 3 rings (SSSR count). The normalized spacial score (nSPS) is 18.2. The number of hydrogen-bond acceptors (Lipinski definition) is 2. The van der Waals surface area contributed by atoms with Crippen LogP contribution in [0.2, 0.25) is 0 Å². The molecule has 0 aliphatic carbocycles. The van der Waals surface area contributed by atoms with Gasteiger partial charge in [0.15, 0.2) is 0 Å². The Bertz CT molecular complexity index is 758. The molecule has 0 unspecified atom stereocenters. The Kier molecular flexibility index (Phi) is 5.17. The zero-order valence-corrected chi connectivity index (χ0v) is 14.7. The first-order valence-corrected chi connectivity index (χ1v) is 8.82. The highest BCUT2D eigenvalue weighted by molar-refractivity contribution is 5.97. The molecule has 0 bridgehead atoms. The van der Waals surface area contributed by atoms with Crippen LogP contribution in [0.3, 0.4) is 0 Å². The zero-order chi connectivity index (χ0) is 17.8. The molecule has 1 fully saturated rings. The molecule has 0 aromatic heterocycles. The van der Waals surface area contributed by atoms with Crippen LogP contribution in [-0.4, -0.2) is 23.3 Å². The van der Waals surface area contributed by atoms with Crippen LogP contribution < -0.4 is 5.32 Å². The van der Waals surface area contributed by atoms with E-state index in [0.717, 1.165) is 17.7 Å². The Balaban J connectivity index is 1.66. The van der Waals surface area contributed by atoms with Crippen molar-refractivity contribution in [3.8, 4) is 0 Å². The van der Waals surface area contributed by atoms with Gasteiger partial charge in [0.2, 0.25) is 11.8 Å². The number of amides is 2. The van der Waals surface area contributed by atoms with Crippen molar-refractivity contribution < 1.29 is 9.59 Å². The third-order valence-corrected chi connectivity index (χ3v) is 4.88. The zero-order valence-electron chi connectivity index (χ0n) is 14.7. The van der Waals surface area contributed by atoms with Gasteiger partial charge in [0.1, 0.15) is 0 Å². The molecule has 25 heavy (non-hydrogen) atoms. The summed E-state index contributed by atoms with van der Waals surface area (Å²) in [6.07, 6.45) is 1.20. The smallest absolute Gasteiger partial charge is 0.229 e. The lowest BCUT2D eigenvalue weighted by molar-refractivity contribution is -0.129. The van der Waals surface area contributed by atoms with E-state index in [1.165, 1.54) is 5.56 Å². The summed E-state index contributed by atoms with van der Waals surface area (Å²) >= 11 is 0. The van der Waals surface area contributed by atoms with Crippen molar-refractivity contribution >= 4 is 17.5 Å². The van der Waals surface area contributed by atoms with E-state index in [2.05, 4.69) is 12.2 Å². The summed E-state index contributed by atoms with van der Waals surface area (Å²) in [7, 11) is 0. The molecule has 2 amide bonds. The van der Waals surface area contributed by atoms with Gasteiger partial charge in [-0.15, -0.1) is 0 Å². The van der Waals surface area contributed by atoms with E-state index in [4.69, 9.17) is 0 Å². The molecule has 2 aromatic rings. The van der Waals surface area contributed by atoms with E-state index in [1.54, 1.807) is 0 Å². The van der Waals surface area contributed by atoms with Gasteiger partial charge in [0.25, 0.3) is 0 Å². The molecule has 0 spiro atoms. The van der Waals surface area contributed by atoms with Crippen molar-refractivity contribution in [2.24, 2.45) is 5.92 Å². The molecule has 130 valence electrons. The fourth-order valence-corrected chi connectivity index (χ4v) is 3.31. The lowest BCUT2D eigenvalue weighted by atomic mass is 10.1. The highest BCUT2D eigenvalue weighted by Gasteiger charge is 2.36. The van der Waals surface area contributed by atoms with Gasteiger partial charge in [0, 0.05) is 18.7 Å². The van der Waals surface area contributed by atoms with Gasteiger partial charge < -0.3 is 10.2 Å². The van der Waals surface area contributed by atoms with Crippen molar-refractivity contribution in [1.29, 1.82) is 0 Å². The number of nitrogens with one attached hydrogen (secondary N) is 1.